The molecule has 1 amide bonds. The van der Waals surface area contributed by atoms with Crippen LogP contribution in [0.5, 0.6) is 5.75 Å². The van der Waals surface area contributed by atoms with Crippen LogP contribution in [0.2, 0.25) is 0 Å². The van der Waals surface area contributed by atoms with Crippen molar-refractivity contribution in [1.82, 2.24) is 14.1 Å². The summed E-state index contributed by atoms with van der Waals surface area (Å²) in [5, 5.41) is 0. The Balaban J connectivity index is 1.26. The molecule has 0 spiro atoms. The first-order valence-electron chi connectivity index (χ1n) is 13.5. The van der Waals surface area contributed by atoms with Crippen LogP contribution in [-0.2, 0) is 20.5 Å². The van der Waals surface area contributed by atoms with Gasteiger partial charge in [-0.05, 0) is 75.5 Å². The molecule has 206 valence electrons. The molecule has 2 aromatic rings. The number of carbonyl (C=O) groups is 1. The van der Waals surface area contributed by atoms with E-state index in [1.165, 1.54) is 0 Å². The highest BCUT2D eigenvalue weighted by Crippen LogP contribution is 2.34. The Kier molecular flexibility index (Phi) is 7.82. The Morgan fingerprint density at radius 2 is 1.76 bits per heavy atom. The van der Waals surface area contributed by atoms with Gasteiger partial charge in [-0.15, -0.1) is 0 Å². The molecule has 4 unspecified atom stereocenters. The second kappa shape index (κ2) is 11.0. The summed E-state index contributed by atoms with van der Waals surface area (Å²) < 4.78 is 40.6. The van der Waals surface area contributed by atoms with Crippen LogP contribution in [0.3, 0.4) is 0 Å². The number of fused-ring (bicyclic) bond motifs is 1. The highest BCUT2D eigenvalue weighted by Gasteiger charge is 2.43. The summed E-state index contributed by atoms with van der Waals surface area (Å²) in [6.07, 6.45) is 1.37. The maximum absolute atomic E-state index is 13.4. The quantitative estimate of drug-likeness (QED) is 0.536. The predicted octanol–water partition coefficient (Wildman–Crippen LogP) is 3.08. The molecule has 0 saturated carbocycles. The Morgan fingerprint density at radius 3 is 2.55 bits per heavy atom. The Labute approximate surface area is 226 Å². The van der Waals surface area contributed by atoms with Gasteiger partial charge in [0.25, 0.3) is 5.91 Å². The van der Waals surface area contributed by atoms with Gasteiger partial charge in [0.2, 0.25) is 10.0 Å². The number of aryl methyl sites for hydroxylation is 2. The van der Waals surface area contributed by atoms with Gasteiger partial charge >= 0.3 is 0 Å². The highest BCUT2D eigenvalue weighted by molar-refractivity contribution is 7.88. The molecular formula is C29H39N3O5S. The molecule has 0 aromatic heterocycles. The number of likely N-dealkylation sites (N-methyl/N-ethyl adjacent to an activating group) is 1. The predicted molar refractivity (Wildman–Crippen MR) is 147 cm³/mol. The summed E-state index contributed by atoms with van der Waals surface area (Å²) in [5.41, 5.74) is 3.38. The van der Waals surface area contributed by atoms with Gasteiger partial charge in [0.15, 0.2) is 0 Å². The molecule has 3 saturated heterocycles. The van der Waals surface area contributed by atoms with E-state index in [1.54, 1.807) is 22.4 Å². The van der Waals surface area contributed by atoms with Crippen LogP contribution in [0.25, 0.3) is 0 Å². The van der Waals surface area contributed by atoms with Crippen LogP contribution in [0, 0.1) is 19.8 Å². The molecule has 38 heavy (non-hydrogen) atoms. The standard InChI is InChI=1S/C29H39N3O5S/c1-20-8-9-21(2)25(14-20)29(33)31-17-27(36-4)28(18-31)37-24-7-5-6-22(15-24)19-38(34,35)32-13-11-23-10-12-30(3)16-26(23)32/h5-9,14-15,23,26-28H,10-13,16-19H2,1-4H3. The number of hydrogen-bond donors (Lipinski definition) is 0. The van der Waals surface area contributed by atoms with Crippen molar-refractivity contribution in [2.24, 2.45) is 5.92 Å². The molecule has 3 fully saturated rings. The number of hydrogen-bond acceptors (Lipinski definition) is 6. The molecule has 3 aliphatic rings. The summed E-state index contributed by atoms with van der Waals surface area (Å²) in [5.74, 6) is 0.962. The summed E-state index contributed by atoms with van der Waals surface area (Å²) in [6, 6.07) is 13.3. The minimum absolute atomic E-state index is 0.0310. The number of amides is 1. The van der Waals surface area contributed by atoms with Crippen LogP contribution < -0.4 is 4.74 Å². The lowest BCUT2D eigenvalue weighted by atomic mass is 9.93. The fourth-order valence-electron chi connectivity index (χ4n) is 6.17. The van der Waals surface area contributed by atoms with Crippen molar-refractivity contribution >= 4 is 15.9 Å². The summed E-state index contributed by atoms with van der Waals surface area (Å²) in [4.78, 5) is 17.3. The van der Waals surface area contributed by atoms with Crippen LogP contribution >= 0.6 is 0 Å². The van der Waals surface area contributed by atoms with E-state index in [2.05, 4.69) is 11.9 Å². The zero-order valence-corrected chi connectivity index (χ0v) is 23.6. The first-order chi connectivity index (χ1) is 18.1. The highest BCUT2D eigenvalue weighted by atomic mass is 32.2. The maximum atomic E-state index is 13.4. The zero-order chi connectivity index (χ0) is 27.0. The second-order valence-electron chi connectivity index (χ2n) is 11.1. The first kappa shape index (κ1) is 27.1. The van der Waals surface area contributed by atoms with Crippen molar-refractivity contribution < 1.29 is 22.7 Å². The monoisotopic (exact) mass is 541 g/mol. The number of benzene rings is 2. The number of sulfonamides is 1. The molecule has 4 atom stereocenters. The van der Waals surface area contributed by atoms with E-state index in [-0.39, 0.29) is 29.9 Å². The van der Waals surface area contributed by atoms with Gasteiger partial charge in [0.1, 0.15) is 18.0 Å². The number of carbonyl (C=O) groups excluding carboxylic acids is 1. The van der Waals surface area contributed by atoms with Gasteiger partial charge in [0.05, 0.1) is 18.8 Å². The largest absolute Gasteiger partial charge is 0.486 e. The lowest BCUT2D eigenvalue weighted by Crippen LogP contribution is -2.48. The van der Waals surface area contributed by atoms with Crippen molar-refractivity contribution in [1.29, 1.82) is 0 Å². The van der Waals surface area contributed by atoms with E-state index >= 15 is 0 Å². The number of likely N-dealkylation sites (tertiary alicyclic amines) is 2. The van der Waals surface area contributed by atoms with E-state index in [0.717, 1.165) is 37.1 Å². The van der Waals surface area contributed by atoms with Crippen LogP contribution in [-0.4, -0.2) is 93.6 Å². The third kappa shape index (κ3) is 5.61. The van der Waals surface area contributed by atoms with E-state index in [4.69, 9.17) is 9.47 Å². The molecule has 0 N–H and O–H groups in total. The van der Waals surface area contributed by atoms with Gasteiger partial charge < -0.3 is 19.3 Å². The lowest BCUT2D eigenvalue weighted by molar-refractivity contribution is 0.0339. The normalized spacial score (nSPS) is 26.5. The zero-order valence-electron chi connectivity index (χ0n) is 22.8. The van der Waals surface area contributed by atoms with Crippen molar-refractivity contribution in [3.05, 3.63) is 64.7 Å². The molecular weight excluding hydrogens is 502 g/mol. The average Bonchev–Trinajstić information content (AvgIpc) is 3.49. The van der Waals surface area contributed by atoms with E-state index in [9.17, 15) is 13.2 Å². The van der Waals surface area contributed by atoms with E-state index < -0.39 is 10.0 Å². The molecule has 3 heterocycles. The molecule has 8 nitrogen and oxygen atoms in total. The molecule has 3 aliphatic heterocycles. The average molecular weight is 542 g/mol. The smallest absolute Gasteiger partial charge is 0.254 e. The van der Waals surface area contributed by atoms with Gasteiger partial charge in [-0.25, -0.2) is 8.42 Å². The minimum atomic E-state index is -3.45. The first-order valence-corrected chi connectivity index (χ1v) is 15.1. The van der Waals surface area contributed by atoms with Crippen molar-refractivity contribution in [3.8, 4) is 5.75 Å². The maximum Gasteiger partial charge on any atom is 0.254 e. The van der Waals surface area contributed by atoms with E-state index in [1.807, 2.05) is 50.2 Å². The van der Waals surface area contributed by atoms with Gasteiger partial charge in [-0.2, -0.15) is 4.31 Å². The van der Waals surface area contributed by atoms with E-state index in [0.29, 0.717) is 42.4 Å². The Bertz CT molecular complexity index is 1280. The van der Waals surface area contributed by atoms with Gasteiger partial charge in [-0.3, -0.25) is 4.79 Å². The Hall–Kier alpha value is -2.46. The summed E-state index contributed by atoms with van der Waals surface area (Å²) >= 11 is 0. The molecule has 0 bridgehead atoms. The second-order valence-corrected chi connectivity index (χ2v) is 13.1. The summed E-state index contributed by atoms with van der Waals surface area (Å²) in [7, 11) is 0.239. The third-order valence-electron chi connectivity index (χ3n) is 8.34. The van der Waals surface area contributed by atoms with Crippen molar-refractivity contribution in [2.45, 2.75) is 50.7 Å². The van der Waals surface area contributed by atoms with Crippen molar-refractivity contribution in [3.63, 3.8) is 0 Å². The molecule has 0 radical (unpaired) electrons. The molecule has 2 aromatic carbocycles. The molecule has 0 aliphatic carbocycles. The number of methoxy groups -OCH3 is 1. The Morgan fingerprint density at radius 1 is 1.00 bits per heavy atom. The topological polar surface area (TPSA) is 79.4 Å². The molecule has 5 rings (SSSR count). The number of rotatable bonds is 7. The fraction of sp³-hybridized carbons (Fsp3) is 0.552. The number of ether oxygens (including phenoxy) is 2. The third-order valence-corrected chi connectivity index (χ3v) is 10.2. The van der Waals surface area contributed by atoms with Crippen LogP contribution in [0.4, 0.5) is 0 Å². The van der Waals surface area contributed by atoms with Crippen LogP contribution in [0.15, 0.2) is 42.5 Å². The SMILES string of the molecule is COC1CN(C(=O)c2cc(C)ccc2C)CC1Oc1cccc(CS(=O)(=O)N2CCC3CCN(C)CC32)c1. The minimum Gasteiger partial charge on any atom is -0.486 e. The summed E-state index contributed by atoms with van der Waals surface area (Å²) in [6.45, 7) is 7.19. The van der Waals surface area contributed by atoms with Crippen LogP contribution in [0.1, 0.15) is 39.9 Å². The number of piperidine rings is 1. The van der Waals surface area contributed by atoms with Gasteiger partial charge in [0, 0.05) is 31.8 Å². The van der Waals surface area contributed by atoms with Crippen molar-refractivity contribution in [2.75, 3.05) is 46.9 Å². The fourth-order valence-corrected chi connectivity index (χ4v) is 7.97. The lowest BCUT2D eigenvalue weighted by Gasteiger charge is -2.36. The molecule has 9 heteroatoms. The number of nitrogens with zero attached hydrogens (tertiary/aromatic N) is 3. The van der Waals surface area contributed by atoms with Gasteiger partial charge in [-0.1, -0.05) is 29.8 Å².